The minimum Gasteiger partial charge on any atom is -0.231 e. The summed E-state index contributed by atoms with van der Waals surface area (Å²) >= 11 is 0. The van der Waals surface area contributed by atoms with Crippen molar-refractivity contribution in [2.24, 2.45) is 0 Å². The number of hydrogen-bond acceptors (Lipinski definition) is 4. The van der Waals surface area contributed by atoms with Crippen molar-refractivity contribution in [1.82, 2.24) is 24.6 Å². The molecule has 3 aromatic heterocycles. The predicted molar refractivity (Wildman–Crippen MR) is 250 cm³/mol. The highest BCUT2D eigenvalue weighted by molar-refractivity contribution is 6.09. The molecular weight excluding hydrogens is 743 g/mol. The Balaban J connectivity index is 1.16. The van der Waals surface area contributed by atoms with Crippen LogP contribution in [0.4, 0.5) is 0 Å². The summed E-state index contributed by atoms with van der Waals surface area (Å²) in [5.41, 5.74) is 14.4. The Bertz CT molecular complexity index is 3230. The molecule has 286 valence electrons. The van der Waals surface area contributed by atoms with Crippen molar-refractivity contribution in [3.05, 3.63) is 224 Å². The molecule has 5 nitrogen and oxygen atoms in total. The topological polar surface area (TPSA) is 56.0 Å². The van der Waals surface area contributed by atoms with Crippen molar-refractivity contribution in [1.29, 1.82) is 0 Å². The molecule has 11 rings (SSSR count). The Morgan fingerprint density at radius 3 is 1.21 bits per heavy atom. The first-order valence-electron chi connectivity index (χ1n) is 20.5. The maximum atomic E-state index is 5.44. The van der Waals surface area contributed by atoms with Crippen LogP contribution in [-0.2, 0) is 0 Å². The minimum atomic E-state index is 0.589. The first-order valence-corrected chi connectivity index (χ1v) is 20.5. The van der Waals surface area contributed by atoms with Crippen LogP contribution in [0.25, 0.3) is 106 Å². The van der Waals surface area contributed by atoms with Crippen molar-refractivity contribution in [2.45, 2.75) is 0 Å². The Labute approximate surface area is 354 Å². The van der Waals surface area contributed by atoms with E-state index in [-0.39, 0.29) is 0 Å². The molecule has 0 atom stereocenters. The van der Waals surface area contributed by atoms with E-state index in [2.05, 4.69) is 211 Å². The molecule has 0 saturated heterocycles. The van der Waals surface area contributed by atoms with Crippen LogP contribution in [-0.4, -0.2) is 24.6 Å². The van der Waals surface area contributed by atoms with E-state index in [4.69, 9.17) is 20.1 Å². The smallest absolute Gasteiger partial charge is 0.164 e. The van der Waals surface area contributed by atoms with Gasteiger partial charge in [-0.05, 0) is 57.5 Å². The Morgan fingerprint density at radius 1 is 0.295 bits per heavy atom. The lowest BCUT2D eigenvalue weighted by molar-refractivity contribution is 0.979. The van der Waals surface area contributed by atoms with Gasteiger partial charge in [-0.3, -0.25) is 0 Å². The van der Waals surface area contributed by atoms with Gasteiger partial charge in [-0.2, -0.15) is 5.10 Å². The van der Waals surface area contributed by atoms with Gasteiger partial charge in [0.05, 0.1) is 11.2 Å². The quantitative estimate of drug-likeness (QED) is 0.154. The molecule has 0 aliphatic carbocycles. The third-order valence-electron chi connectivity index (χ3n) is 11.2. The molecule has 0 bridgehead atoms. The van der Waals surface area contributed by atoms with E-state index in [9.17, 15) is 0 Å². The second-order valence-electron chi connectivity index (χ2n) is 15.1. The third kappa shape index (κ3) is 6.84. The normalized spacial score (nSPS) is 11.3. The first kappa shape index (κ1) is 35.8. The summed E-state index contributed by atoms with van der Waals surface area (Å²) in [4.78, 5) is 15.7. The van der Waals surface area contributed by atoms with Gasteiger partial charge in [0, 0.05) is 38.8 Å². The molecule has 5 heteroatoms. The average Bonchev–Trinajstić information content (AvgIpc) is 3.76. The van der Waals surface area contributed by atoms with Gasteiger partial charge in [-0.15, -0.1) is 0 Å². The molecule has 0 amide bonds. The zero-order valence-electron chi connectivity index (χ0n) is 33.1. The molecule has 0 saturated carbocycles. The zero-order chi connectivity index (χ0) is 40.5. The fourth-order valence-corrected chi connectivity index (χ4v) is 8.27. The van der Waals surface area contributed by atoms with Gasteiger partial charge in [0.25, 0.3) is 0 Å². The summed E-state index contributed by atoms with van der Waals surface area (Å²) in [6.45, 7) is 0. The molecule has 3 heterocycles. The Hall–Kier alpha value is -8.28. The fourth-order valence-electron chi connectivity index (χ4n) is 8.27. The lowest BCUT2D eigenvalue weighted by atomic mass is 9.96. The van der Waals surface area contributed by atoms with Gasteiger partial charge in [0.15, 0.2) is 17.5 Å². The fraction of sp³-hybridized carbons (Fsp3) is 0. The van der Waals surface area contributed by atoms with Crippen LogP contribution in [0.3, 0.4) is 0 Å². The monoisotopic (exact) mass is 779 g/mol. The van der Waals surface area contributed by atoms with Gasteiger partial charge < -0.3 is 0 Å². The minimum absolute atomic E-state index is 0.589. The van der Waals surface area contributed by atoms with Gasteiger partial charge in [-0.1, -0.05) is 200 Å². The number of hydrogen-bond donors (Lipinski definition) is 0. The summed E-state index contributed by atoms with van der Waals surface area (Å²) in [6, 6.07) is 78.1. The van der Waals surface area contributed by atoms with Crippen LogP contribution in [0.15, 0.2) is 224 Å². The SMILES string of the molecule is c1ccc(-c2cccc(-c3nc(-c4cccc(-c5ccccc5)c4)nc(-c4ccc5cc(-c6ccccc6)n6nc(-c7ccccc7)c(-c7ccccc7)c6c5c4)n3)c2)cc1. The number of rotatable bonds is 8. The van der Waals surface area contributed by atoms with Crippen molar-refractivity contribution in [3.63, 3.8) is 0 Å². The van der Waals surface area contributed by atoms with E-state index in [0.717, 1.165) is 88.9 Å². The van der Waals surface area contributed by atoms with E-state index in [1.165, 1.54) is 0 Å². The number of benzene rings is 8. The highest BCUT2D eigenvalue weighted by Gasteiger charge is 2.23. The molecule has 0 spiro atoms. The maximum absolute atomic E-state index is 5.44. The molecule has 0 radical (unpaired) electrons. The molecule has 0 N–H and O–H groups in total. The highest BCUT2D eigenvalue weighted by atomic mass is 15.2. The molecule has 11 aromatic rings. The second-order valence-corrected chi connectivity index (χ2v) is 15.1. The van der Waals surface area contributed by atoms with E-state index in [1.807, 2.05) is 18.2 Å². The molecule has 61 heavy (non-hydrogen) atoms. The summed E-state index contributed by atoms with van der Waals surface area (Å²) in [5.74, 6) is 1.80. The zero-order valence-corrected chi connectivity index (χ0v) is 33.1. The van der Waals surface area contributed by atoms with E-state index in [1.54, 1.807) is 0 Å². The van der Waals surface area contributed by atoms with E-state index >= 15 is 0 Å². The van der Waals surface area contributed by atoms with Crippen LogP contribution in [0.2, 0.25) is 0 Å². The number of fused-ring (bicyclic) bond motifs is 3. The van der Waals surface area contributed by atoms with Crippen LogP contribution in [0, 0.1) is 0 Å². The molecule has 0 fully saturated rings. The van der Waals surface area contributed by atoms with Crippen molar-refractivity contribution in [3.8, 4) is 90.1 Å². The van der Waals surface area contributed by atoms with E-state index < -0.39 is 0 Å². The van der Waals surface area contributed by atoms with Crippen LogP contribution in [0.1, 0.15) is 0 Å². The molecule has 8 aromatic carbocycles. The van der Waals surface area contributed by atoms with Crippen LogP contribution < -0.4 is 0 Å². The second kappa shape index (κ2) is 15.5. The van der Waals surface area contributed by atoms with Crippen molar-refractivity contribution >= 4 is 16.3 Å². The van der Waals surface area contributed by atoms with Gasteiger partial charge in [0.1, 0.15) is 5.69 Å². The summed E-state index contributed by atoms with van der Waals surface area (Å²) in [5, 5.41) is 7.58. The Kier molecular flexibility index (Phi) is 9.10. The maximum Gasteiger partial charge on any atom is 0.164 e. The first-order chi connectivity index (χ1) is 30.2. The van der Waals surface area contributed by atoms with Gasteiger partial charge in [0.2, 0.25) is 0 Å². The predicted octanol–water partition coefficient (Wildman–Crippen LogP) is 14.0. The third-order valence-corrected chi connectivity index (χ3v) is 11.2. The molecule has 0 unspecified atom stereocenters. The van der Waals surface area contributed by atoms with E-state index in [0.29, 0.717) is 17.5 Å². The van der Waals surface area contributed by atoms with Crippen LogP contribution in [0.5, 0.6) is 0 Å². The number of pyridine rings is 1. The average molecular weight is 780 g/mol. The van der Waals surface area contributed by atoms with Crippen molar-refractivity contribution < 1.29 is 0 Å². The molecule has 0 aliphatic heterocycles. The lowest BCUT2D eigenvalue weighted by Crippen LogP contribution is -2.01. The Morgan fingerprint density at radius 2 is 0.705 bits per heavy atom. The number of aromatic nitrogens is 5. The summed E-state index contributed by atoms with van der Waals surface area (Å²) in [7, 11) is 0. The molecule has 0 aliphatic rings. The van der Waals surface area contributed by atoms with Gasteiger partial charge in [-0.25, -0.2) is 19.5 Å². The highest BCUT2D eigenvalue weighted by Crippen LogP contribution is 2.42. The summed E-state index contributed by atoms with van der Waals surface area (Å²) in [6.07, 6.45) is 0. The lowest BCUT2D eigenvalue weighted by Gasteiger charge is -2.13. The standard InChI is InChI=1S/C56H37N5/c1-6-18-38(19-7-1)43-28-16-30-46(34-43)54-57-55(47-31-17-29-44(35-47)39-20-8-2-9-21-39)59-56(58-54)48-33-32-45-37-50(40-22-10-3-11-23-40)61-53(49(45)36-48)51(41-24-12-4-13-25-41)52(60-61)42-26-14-5-15-27-42/h1-37H. The number of nitrogens with zero attached hydrogens (tertiary/aromatic N) is 5. The molecular formula is C56H37N5. The van der Waals surface area contributed by atoms with Crippen molar-refractivity contribution in [2.75, 3.05) is 0 Å². The van der Waals surface area contributed by atoms with Crippen LogP contribution >= 0.6 is 0 Å². The van der Waals surface area contributed by atoms with Gasteiger partial charge >= 0.3 is 0 Å². The largest absolute Gasteiger partial charge is 0.231 e. The summed E-state index contributed by atoms with van der Waals surface area (Å²) < 4.78 is 2.13.